The third-order valence-electron chi connectivity index (χ3n) is 3.57. The number of nitrogens with zero attached hydrogens (tertiary/aromatic N) is 1. The molecule has 0 fully saturated rings. The van der Waals surface area contributed by atoms with Crippen molar-refractivity contribution in [1.82, 2.24) is 10.4 Å². The van der Waals surface area contributed by atoms with Crippen molar-refractivity contribution in [3.05, 3.63) is 76.0 Å². The van der Waals surface area contributed by atoms with E-state index in [-0.39, 0.29) is 6.04 Å². The van der Waals surface area contributed by atoms with Gasteiger partial charge in [0.05, 0.1) is 6.04 Å². The van der Waals surface area contributed by atoms with Crippen LogP contribution in [-0.2, 0) is 0 Å². The van der Waals surface area contributed by atoms with Crippen LogP contribution in [0.2, 0.25) is 0 Å². The summed E-state index contributed by atoms with van der Waals surface area (Å²) in [5.41, 5.74) is 6.30. The Morgan fingerprint density at radius 2 is 1.95 bits per heavy atom. The van der Waals surface area contributed by atoms with Crippen LogP contribution in [0.25, 0.3) is 10.8 Å². The molecule has 0 saturated heterocycles. The molecule has 1 heterocycles. The van der Waals surface area contributed by atoms with Crippen molar-refractivity contribution in [2.75, 3.05) is 0 Å². The molecule has 3 rings (SSSR count). The van der Waals surface area contributed by atoms with E-state index in [2.05, 4.69) is 63.6 Å². The molecule has 0 radical (unpaired) electrons. The molecular formula is C17H16BrN3. The van der Waals surface area contributed by atoms with Crippen LogP contribution >= 0.6 is 15.9 Å². The minimum atomic E-state index is -0.0974. The van der Waals surface area contributed by atoms with Gasteiger partial charge in [0.1, 0.15) is 0 Å². The van der Waals surface area contributed by atoms with Crippen LogP contribution in [0.5, 0.6) is 0 Å². The Bertz CT molecular complexity index is 760. The highest BCUT2D eigenvalue weighted by Gasteiger charge is 2.16. The van der Waals surface area contributed by atoms with E-state index >= 15 is 0 Å². The Hall–Kier alpha value is -1.75. The normalized spacial score (nSPS) is 12.5. The minimum absolute atomic E-state index is 0.0974. The zero-order valence-corrected chi connectivity index (χ0v) is 13.3. The van der Waals surface area contributed by atoms with E-state index in [0.717, 1.165) is 26.4 Å². The molecule has 2 aromatic carbocycles. The molecule has 0 bridgehead atoms. The Balaban J connectivity index is 2.18. The highest BCUT2D eigenvalue weighted by Crippen LogP contribution is 2.29. The van der Waals surface area contributed by atoms with Crippen molar-refractivity contribution in [3.8, 4) is 0 Å². The number of fused-ring (bicyclic) bond motifs is 1. The number of aryl methyl sites for hydroxylation is 1. The van der Waals surface area contributed by atoms with E-state index in [1.807, 2.05) is 24.5 Å². The Kier molecular flexibility index (Phi) is 4.01. The molecule has 106 valence electrons. The highest BCUT2D eigenvalue weighted by atomic mass is 79.9. The first-order chi connectivity index (χ1) is 10.2. The van der Waals surface area contributed by atoms with Gasteiger partial charge in [-0.3, -0.25) is 10.8 Å². The smallest absolute Gasteiger partial charge is 0.0731 e. The number of nitrogens with one attached hydrogen (secondary N) is 1. The monoisotopic (exact) mass is 341 g/mol. The van der Waals surface area contributed by atoms with Crippen molar-refractivity contribution < 1.29 is 0 Å². The molecule has 3 nitrogen and oxygen atoms in total. The number of hydrogen-bond acceptors (Lipinski definition) is 3. The van der Waals surface area contributed by atoms with Gasteiger partial charge in [0.25, 0.3) is 0 Å². The molecule has 21 heavy (non-hydrogen) atoms. The molecule has 3 aromatic rings. The van der Waals surface area contributed by atoms with E-state index in [1.165, 1.54) is 5.56 Å². The van der Waals surface area contributed by atoms with Gasteiger partial charge in [-0.15, -0.1) is 0 Å². The fourth-order valence-electron chi connectivity index (χ4n) is 2.67. The number of hydrogen-bond donors (Lipinski definition) is 2. The van der Waals surface area contributed by atoms with Gasteiger partial charge in [0.15, 0.2) is 0 Å². The topological polar surface area (TPSA) is 50.9 Å². The Morgan fingerprint density at radius 1 is 1.14 bits per heavy atom. The summed E-state index contributed by atoms with van der Waals surface area (Å²) in [6.07, 6.45) is 3.75. The van der Waals surface area contributed by atoms with Gasteiger partial charge in [0, 0.05) is 27.8 Å². The summed E-state index contributed by atoms with van der Waals surface area (Å²) in [6, 6.07) is 14.4. The van der Waals surface area contributed by atoms with Crippen molar-refractivity contribution in [2.45, 2.75) is 13.0 Å². The first-order valence-electron chi connectivity index (χ1n) is 6.75. The van der Waals surface area contributed by atoms with Crippen LogP contribution in [0.15, 0.2) is 59.3 Å². The predicted molar refractivity (Wildman–Crippen MR) is 89.8 cm³/mol. The van der Waals surface area contributed by atoms with E-state index in [0.29, 0.717) is 0 Å². The van der Waals surface area contributed by atoms with Gasteiger partial charge in [-0.05, 0) is 35.6 Å². The Labute approximate surface area is 132 Å². The first kappa shape index (κ1) is 14.2. The number of rotatable bonds is 3. The largest absolute Gasteiger partial charge is 0.271 e. The maximum atomic E-state index is 5.83. The summed E-state index contributed by atoms with van der Waals surface area (Å²) in [5, 5.41) is 2.27. The number of pyridine rings is 1. The van der Waals surface area contributed by atoms with E-state index < -0.39 is 0 Å². The van der Waals surface area contributed by atoms with Crippen LogP contribution < -0.4 is 11.3 Å². The van der Waals surface area contributed by atoms with Crippen LogP contribution in [0, 0.1) is 6.92 Å². The second-order valence-corrected chi connectivity index (χ2v) is 6.03. The molecule has 0 saturated carbocycles. The van der Waals surface area contributed by atoms with Gasteiger partial charge in [-0.1, -0.05) is 46.3 Å². The molecule has 0 aliphatic heterocycles. The van der Waals surface area contributed by atoms with Crippen molar-refractivity contribution >= 4 is 26.7 Å². The van der Waals surface area contributed by atoms with Gasteiger partial charge in [0.2, 0.25) is 0 Å². The molecule has 1 unspecified atom stereocenters. The fraction of sp³-hybridized carbons (Fsp3) is 0.118. The predicted octanol–water partition coefficient (Wildman–Crippen LogP) is 3.86. The second-order valence-electron chi connectivity index (χ2n) is 5.11. The van der Waals surface area contributed by atoms with Crippen LogP contribution in [0.3, 0.4) is 0 Å². The van der Waals surface area contributed by atoms with Crippen LogP contribution in [-0.4, -0.2) is 4.98 Å². The van der Waals surface area contributed by atoms with Crippen LogP contribution in [0.1, 0.15) is 22.7 Å². The molecule has 0 spiro atoms. The maximum absolute atomic E-state index is 5.83. The first-order valence-corrected chi connectivity index (χ1v) is 7.54. The lowest BCUT2D eigenvalue weighted by Crippen LogP contribution is -2.29. The molecule has 1 atom stereocenters. The van der Waals surface area contributed by atoms with E-state index in [9.17, 15) is 0 Å². The average molecular weight is 342 g/mol. The molecule has 4 heteroatoms. The molecule has 1 aromatic heterocycles. The summed E-state index contributed by atoms with van der Waals surface area (Å²) >= 11 is 3.55. The fourth-order valence-corrected chi connectivity index (χ4v) is 3.29. The summed E-state index contributed by atoms with van der Waals surface area (Å²) in [7, 11) is 0. The zero-order valence-electron chi connectivity index (χ0n) is 11.7. The second kappa shape index (κ2) is 5.93. The average Bonchev–Trinajstić information content (AvgIpc) is 2.47. The third kappa shape index (κ3) is 2.83. The SMILES string of the molecule is Cc1cc(Br)cc(C(NN)c2cncc3ccccc23)c1. The maximum Gasteiger partial charge on any atom is 0.0731 e. The summed E-state index contributed by atoms with van der Waals surface area (Å²) in [4.78, 5) is 4.34. The summed E-state index contributed by atoms with van der Waals surface area (Å²) in [6.45, 7) is 2.07. The molecule has 3 N–H and O–H groups in total. The summed E-state index contributed by atoms with van der Waals surface area (Å²) in [5.74, 6) is 5.83. The molecule has 0 aliphatic rings. The molecular weight excluding hydrogens is 326 g/mol. The zero-order chi connectivity index (χ0) is 14.8. The van der Waals surface area contributed by atoms with Gasteiger partial charge >= 0.3 is 0 Å². The molecule has 0 amide bonds. The number of nitrogens with two attached hydrogens (primary N) is 1. The lowest BCUT2D eigenvalue weighted by atomic mass is 9.95. The van der Waals surface area contributed by atoms with Gasteiger partial charge < -0.3 is 0 Å². The third-order valence-corrected chi connectivity index (χ3v) is 4.03. The minimum Gasteiger partial charge on any atom is -0.271 e. The van der Waals surface area contributed by atoms with Gasteiger partial charge in [-0.25, -0.2) is 5.43 Å². The number of aromatic nitrogens is 1. The lowest BCUT2D eigenvalue weighted by molar-refractivity contribution is 0.638. The standard InChI is InChI=1S/C17H16BrN3/c1-11-6-13(8-14(18)7-11)17(21-19)16-10-20-9-12-4-2-3-5-15(12)16/h2-10,17,21H,19H2,1H3. The van der Waals surface area contributed by atoms with Crippen molar-refractivity contribution in [1.29, 1.82) is 0 Å². The van der Waals surface area contributed by atoms with E-state index in [1.54, 1.807) is 0 Å². The van der Waals surface area contributed by atoms with Gasteiger partial charge in [-0.2, -0.15) is 0 Å². The number of halogens is 1. The molecule has 0 aliphatic carbocycles. The summed E-state index contributed by atoms with van der Waals surface area (Å²) < 4.78 is 1.05. The lowest BCUT2D eigenvalue weighted by Gasteiger charge is -2.19. The van der Waals surface area contributed by atoms with Crippen molar-refractivity contribution in [3.63, 3.8) is 0 Å². The van der Waals surface area contributed by atoms with Crippen LogP contribution in [0.4, 0.5) is 0 Å². The Morgan fingerprint density at radius 3 is 2.71 bits per heavy atom. The quantitative estimate of drug-likeness (QED) is 0.561. The van der Waals surface area contributed by atoms with Crippen molar-refractivity contribution in [2.24, 2.45) is 5.84 Å². The number of hydrazine groups is 1. The highest BCUT2D eigenvalue weighted by molar-refractivity contribution is 9.10. The van der Waals surface area contributed by atoms with E-state index in [4.69, 9.17) is 5.84 Å². The number of benzene rings is 2.